The topological polar surface area (TPSA) is 41.8 Å². The van der Waals surface area contributed by atoms with Crippen molar-refractivity contribution in [3.8, 4) is 5.75 Å². The van der Waals surface area contributed by atoms with Crippen molar-refractivity contribution in [2.24, 2.45) is 5.16 Å². The second-order valence-electron chi connectivity index (χ2n) is 5.24. The number of benzene rings is 1. The Kier molecular flexibility index (Phi) is 3.53. The van der Waals surface area contributed by atoms with Crippen molar-refractivity contribution < 1.29 is 9.94 Å². The number of aryl methyl sites for hydroxylation is 1. The molecule has 0 unspecified atom stereocenters. The third-order valence-corrected chi connectivity index (χ3v) is 3.87. The first-order valence-corrected chi connectivity index (χ1v) is 7.04. The van der Waals surface area contributed by atoms with Crippen molar-refractivity contribution in [1.82, 2.24) is 0 Å². The van der Waals surface area contributed by atoms with Gasteiger partial charge in [-0.15, -0.1) is 0 Å². The molecule has 0 saturated heterocycles. The van der Waals surface area contributed by atoms with Gasteiger partial charge < -0.3 is 9.94 Å². The summed E-state index contributed by atoms with van der Waals surface area (Å²) in [6, 6.07) is 6.34. The standard InChI is InChI=1S/C16H19NO2/c18-17-15-6-2-1-4-13(15)10-12-7-8-16-14(11-12)5-3-9-19-16/h7-8,10-11,18H,1-6,9H2/b13-10+,17-15-. The number of hydrogen-bond donors (Lipinski definition) is 1. The fourth-order valence-corrected chi connectivity index (χ4v) is 2.85. The van der Waals surface area contributed by atoms with Crippen molar-refractivity contribution in [3.63, 3.8) is 0 Å². The Labute approximate surface area is 113 Å². The summed E-state index contributed by atoms with van der Waals surface area (Å²) >= 11 is 0. The van der Waals surface area contributed by atoms with Crippen LogP contribution in [0.3, 0.4) is 0 Å². The van der Waals surface area contributed by atoms with Gasteiger partial charge in [-0.1, -0.05) is 11.2 Å². The van der Waals surface area contributed by atoms with Crippen LogP contribution in [-0.2, 0) is 6.42 Å². The molecule has 3 heteroatoms. The van der Waals surface area contributed by atoms with Crippen LogP contribution in [0.1, 0.15) is 43.2 Å². The highest BCUT2D eigenvalue weighted by Gasteiger charge is 2.15. The Morgan fingerprint density at radius 2 is 2.00 bits per heavy atom. The fourth-order valence-electron chi connectivity index (χ4n) is 2.85. The lowest BCUT2D eigenvalue weighted by molar-refractivity contribution is 0.288. The maximum atomic E-state index is 9.06. The van der Waals surface area contributed by atoms with Crippen molar-refractivity contribution >= 4 is 11.8 Å². The zero-order valence-electron chi connectivity index (χ0n) is 11.1. The van der Waals surface area contributed by atoms with Crippen LogP contribution >= 0.6 is 0 Å². The predicted octanol–water partition coefficient (Wildman–Crippen LogP) is 3.80. The molecule has 0 aromatic heterocycles. The van der Waals surface area contributed by atoms with E-state index in [1.807, 2.05) is 0 Å². The molecule has 0 amide bonds. The molecule has 0 radical (unpaired) electrons. The van der Waals surface area contributed by atoms with E-state index in [1.165, 1.54) is 23.1 Å². The van der Waals surface area contributed by atoms with E-state index in [0.29, 0.717) is 0 Å². The van der Waals surface area contributed by atoms with E-state index < -0.39 is 0 Å². The molecule has 0 spiro atoms. The number of hydrogen-bond acceptors (Lipinski definition) is 3. The Balaban J connectivity index is 1.89. The molecule has 3 nitrogen and oxygen atoms in total. The van der Waals surface area contributed by atoms with Gasteiger partial charge in [0.15, 0.2) is 0 Å². The van der Waals surface area contributed by atoms with Gasteiger partial charge in [0.2, 0.25) is 0 Å². The van der Waals surface area contributed by atoms with Crippen molar-refractivity contribution in [1.29, 1.82) is 0 Å². The number of rotatable bonds is 1. The highest BCUT2D eigenvalue weighted by atomic mass is 16.5. The summed E-state index contributed by atoms with van der Waals surface area (Å²) in [5.41, 5.74) is 4.49. The summed E-state index contributed by atoms with van der Waals surface area (Å²) < 4.78 is 5.63. The maximum Gasteiger partial charge on any atom is 0.122 e. The van der Waals surface area contributed by atoms with Gasteiger partial charge in [-0.25, -0.2) is 0 Å². The van der Waals surface area contributed by atoms with Crippen LogP contribution in [-0.4, -0.2) is 17.5 Å². The van der Waals surface area contributed by atoms with Gasteiger partial charge in [-0.3, -0.25) is 0 Å². The van der Waals surface area contributed by atoms with Gasteiger partial charge in [0.25, 0.3) is 0 Å². The second kappa shape index (κ2) is 5.47. The molecule has 1 heterocycles. The lowest BCUT2D eigenvalue weighted by atomic mass is 9.91. The third kappa shape index (κ3) is 2.65. The van der Waals surface area contributed by atoms with Crippen molar-refractivity contribution in [2.75, 3.05) is 6.61 Å². The van der Waals surface area contributed by atoms with E-state index in [2.05, 4.69) is 29.4 Å². The molecule has 1 aromatic carbocycles. The minimum atomic E-state index is 0.828. The zero-order chi connectivity index (χ0) is 13.1. The van der Waals surface area contributed by atoms with Gasteiger partial charge in [-0.2, -0.15) is 0 Å². The molecule has 1 aliphatic carbocycles. The molecular weight excluding hydrogens is 238 g/mol. The van der Waals surface area contributed by atoms with Crippen molar-refractivity contribution in [2.45, 2.75) is 38.5 Å². The summed E-state index contributed by atoms with van der Waals surface area (Å²) in [5.74, 6) is 1.02. The molecule has 0 atom stereocenters. The van der Waals surface area contributed by atoms with Gasteiger partial charge in [0.1, 0.15) is 5.75 Å². The molecule has 3 rings (SSSR count). The molecule has 2 aliphatic rings. The van der Waals surface area contributed by atoms with E-state index in [4.69, 9.17) is 9.94 Å². The first kappa shape index (κ1) is 12.3. The highest BCUT2D eigenvalue weighted by Crippen LogP contribution is 2.28. The Morgan fingerprint density at radius 1 is 1.11 bits per heavy atom. The van der Waals surface area contributed by atoms with E-state index in [1.54, 1.807) is 0 Å². The summed E-state index contributed by atoms with van der Waals surface area (Å²) in [6.45, 7) is 0.828. The zero-order valence-corrected chi connectivity index (χ0v) is 11.1. The first-order chi connectivity index (χ1) is 9.36. The smallest absolute Gasteiger partial charge is 0.122 e. The lowest BCUT2D eigenvalue weighted by Crippen LogP contribution is -2.10. The molecule has 1 aromatic rings. The number of oxime groups is 1. The van der Waals surface area contributed by atoms with Crippen LogP contribution in [0.4, 0.5) is 0 Å². The normalized spacial score (nSPS) is 23.2. The first-order valence-electron chi connectivity index (χ1n) is 7.04. The van der Waals surface area contributed by atoms with Crippen LogP contribution < -0.4 is 4.74 Å². The Bertz CT molecular complexity index is 532. The van der Waals surface area contributed by atoms with Gasteiger partial charge >= 0.3 is 0 Å². The molecule has 1 fully saturated rings. The Morgan fingerprint density at radius 3 is 2.89 bits per heavy atom. The van der Waals surface area contributed by atoms with Gasteiger partial charge in [0.05, 0.1) is 12.3 Å². The van der Waals surface area contributed by atoms with Crippen LogP contribution in [0.2, 0.25) is 0 Å². The second-order valence-corrected chi connectivity index (χ2v) is 5.24. The maximum absolute atomic E-state index is 9.06. The SMILES string of the molecule is O/N=C1/CCCC/C1=C\c1ccc2c(c1)CCCO2. The lowest BCUT2D eigenvalue weighted by Gasteiger charge is -2.18. The van der Waals surface area contributed by atoms with Crippen LogP contribution in [0.5, 0.6) is 5.75 Å². The third-order valence-electron chi connectivity index (χ3n) is 3.87. The summed E-state index contributed by atoms with van der Waals surface area (Å²) in [6.07, 6.45) is 8.53. The average Bonchev–Trinajstić information content (AvgIpc) is 2.48. The number of ether oxygens (including phenoxy) is 1. The minimum Gasteiger partial charge on any atom is -0.493 e. The quantitative estimate of drug-likeness (QED) is 0.614. The molecule has 19 heavy (non-hydrogen) atoms. The van der Waals surface area contributed by atoms with Crippen LogP contribution in [0.15, 0.2) is 28.9 Å². The molecule has 100 valence electrons. The van der Waals surface area contributed by atoms with Gasteiger partial charge in [-0.05, 0) is 73.4 Å². The van der Waals surface area contributed by atoms with E-state index in [0.717, 1.165) is 50.2 Å². The molecular formula is C16H19NO2. The molecule has 1 N–H and O–H groups in total. The fraction of sp³-hybridized carbons (Fsp3) is 0.438. The number of nitrogens with zero attached hydrogens (tertiary/aromatic N) is 1. The van der Waals surface area contributed by atoms with Gasteiger partial charge in [0, 0.05) is 0 Å². The molecule has 1 aliphatic heterocycles. The predicted molar refractivity (Wildman–Crippen MR) is 75.9 cm³/mol. The van der Waals surface area contributed by atoms with E-state index in [9.17, 15) is 0 Å². The van der Waals surface area contributed by atoms with E-state index in [-0.39, 0.29) is 0 Å². The summed E-state index contributed by atoms with van der Waals surface area (Å²) in [7, 11) is 0. The minimum absolute atomic E-state index is 0.828. The summed E-state index contributed by atoms with van der Waals surface area (Å²) in [4.78, 5) is 0. The molecule has 1 saturated carbocycles. The van der Waals surface area contributed by atoms with Crippen LogP contribution in [0, 0.1) is 0 Å². The highest BCUT2D eigenvalue weighted by molar-refractivity contribution is 6.03. The summed E-state index contributed by atoms with van der Waals surface area (Å²) in [5, 5.41) is 12.5. The van der Waals surface area contributed by atoms with E-state index >= 15 is 0 Å². The number of fused-ring (bicyclic) bond motifs is 1. The average molecular weight is 257 g/mol. The molecule has 0 bridgehead atoms. The monoisotopic (exact) mass is 257 g/mol. The van der Waals surface area contributed by atoms with Crippen molar-refractivity contribution in [3.05, 3.63) is 34.9 Å². The Hall–Kier alpha value is -1.77. The largest absolute Gasteiger partial charge is 0.493 e. The van der Waals surface area contributed by atoms with Crippen LogP contribution in [0.25, 0.3) is 6.08 Å². The number of allylic oxidation sites excluding steroid dienone is 1.